The summed E-state index contributed by atoms with van der Waals surface area (Å²) >= 11 is 0. The van der Waals surface area contributed by atoms with Crippen molar-refractivity contribution in [2.45, 2.75) is 59.4 Å². The molecule has 8 heteroatoms. The van der Waals surface area contributed by atoms with E-state index in [9.17, 15) is 14.4 Å². The van der Waals surface area contributed by atoms with E-state index in [-0.39, 0.29) is 24.1 Å². The van der Waals surface area contributed by atoms with Crippen molar-refractivity contribution in [3.8, 4) is 0 Å². The van der Waals surface area contributed by atoms with Crippen molar-refractivity contribution in [1.82, 2.24) is 15.5 Å². The van der Waals surface area contributed by atoms with Crippen molar-refractivity contribution in [1.29, 1.82) is 0 Å². The Morgan fingerprint density at radius 1 is 1.03 bits per heavy atom. The van der Waals surface area contributed by atoms with Crippen LogP contribution in [0.3, 0.4) is 0 Å². The van der Waals surface area contributed by atoms with Crippen LogP contribution in [0.25, 0.3) is 0 Å². The minimum Gasteiger partial charge on any atom is -0.344 e. The topological polar surface area (TPSA) is 131 Å². The molecule has 0 spiro atoms. The molecule has 0 saturated carbocycles. The van der Waals surface area contributed by atoms with Gasteiger partial charge in [0.25, 0.3) is 0 Å². The molecular formula is C29H45N5O3. The normalized spacial score (nSPS) is 16.9. The summed E-state index contributed by atoms with van der Waals surface area (Å²) in [5.74, 6) is -0.361. The highest BCUT2D eigenvalue weighted by atomic mass is 16.2. The first-order chi connectivity index (χ1) is 17.7. The molecule has 3 amide bonds. The molecule has 0 aromatic heterocycles. The van der Waals surface area contributed by atoms with Crippen molar-refractivity contribution in [2.24, 2.45) is 29.2 Å². The number of hydrogen-bond acceptors (Lipinski definition) is 5. The Balaban J connectivity index is 2.08. The van der Waals surface area contributed by atoms with Gasteiger partial charge in [-0.05, 0) is 49.7 Å². The number of carbonyl (C=O) groups excluding carboxylic acids is 3. The Hall–Kier alpha value is -2.97. The third kappa shape index (κ3) is 9.78. The standard InChI is InChI=1S/C29H45N5O3/c1-20(2)25-12-11-24(18-21(25)3)32-29(37)26(13-10-23-8-6-5-7-9-23)33-28(36)22(4)19-27(35)34(16-14-30)17-15-31/h5-9,11,18,20,22,25-26H,10,12-17,19,30-31H2,1-4H3,(H,32,37)(H,33,36). The maximum atomic E-state index is 13.3. The maximum absolute atomic E-state index is 13.3. The first-order valence-electron chi connectivity index (χ1n) is 13.4. The highest BCUT2D eigenvalue weighted by Crippen LogP contribution is 2.29. The van der Waals surface area contributed by atoms with Crippen molar-refractivity contribution < 1.29 is 14.4 Å². The van der Waals surface area contributed by atoms with E-state index in [4.69, 9.17) is 11.5 Å². The number of nitrogens with one attached hydrogen (secondary N) is 2. The first-order valence-corrected chi connectivity index (χ1v) is 13.4. The predicted octanol–water partition coefficient (Wildman–Crippen LogP) is 2.50. The molecule has 1 aromatic rings. The van der Waals surface area contributed by atoms with Crippen molar-refractivity contribution in [2.75, 3.05) is 26.2 Å². The summed E-state index contributed by atoms with van der Waals surface area (Å²) in [6, 6.07) is 9.13. The van der Waals surface area contributed by atoms with Crippen molar-refractivity contribution >= 4 is 17.7 Å². The van der Waals surface area contributed by atoms with Gasteiger partial charge in [0.15, 0.2) is 0 Å². The molecule has 3 atom stereocenters. The Kier molecular flexibility index (Phi) is 12.5. The molecule has 37 heavy (non-hydrogen) atoms. The van der Waals surface area contributed by atoms with Crippen LogP contribution in [0.1, 0.15) is 52.5 Å². The van der Waals surface area contributed by atoms with Crippen LogP contribution in [0.4, 0.5) is 0 Å². The summed E-state index contributed by atoms with van der Waals surface area (Å²) in [6.45, 7) is 9.64. The van der Waals surface area contributed by atoms with Gasteiger partial charge in [0.2, 0.25) is 17.7 Å². The smallest absolute Gasteiger partial charge is 0.246 e. The van der Waals surface area contributed by atoms with E-state index >= 15 is 0 Å². The molecule has 1 aromatic carbocycles. The molecule has 0 radical (unpaired) electrons. The minimum absolute atomic E-state index is 0.0303. The second kappa shape index (κ2) is 15.3. The van der Waals surface area contributed by atoms with Crippen molar-refractivity contribution in [3.63, 3.8) is 0 Å². The summed E-state index contributed by atoms with van der Waals surface area (Å²) in [5.41, 5.74) is 14.3. The summed E-state index contributed by atoms with van der Waals surface area (Å²) in [4.78, 5) is 40.6. The monoisotopic (exact) mass is 511 g/mol. The molecule has 1 aliphatic carbocycles. The van der Waals surface area contributed by atoms with Crippen LogP contribution < -0.4 is 22.1 Å². The Morgan fingerprint density at radius 2 is 1.68 bits per heavy atom. The fourth-order valence-corrected chi connectivity index (χ4v) is 4.66. The quantitative estimate of drug-likeness (QED) is 0.305. The lowest BCUT2D eigenvalue weighted by atomic mass is 9.83. The fraction of sp³-hybridized carbons (Fsp3) is 0.552. The first kappa shape index (κ1) is 30.3. The molecule has 204 valence electrons. The highest BCUT2D eigenvalue weighted by molar-refractivity contribution is 5.91. The zero-order valence-corrected chi connectivity index (χ0v) is 22.8. The van der Waals surface area contributed by atoms with Crippen LogP contribution in [-0.2, 0) is 20.8 Å². The number of rotatable bonds is 14. The van der Waals surface area contributed by atoms with E-state index in [0.29, 0.717) is 50.9 Å². The molecule has 0 aliphatic heterocycles. The molecule has 6 N–H and O–H groups in total. The van der Waals surface area contributed by atoms with Crippen LogP contribution >= 0.6 is 0 Å². The lowest BCUT2D eigenvalue weighted by molar-refractivity contribution is -0.136. The van der Waals surface area contributed by atoms with Gasteiger partial charge in [-0.25, -0.2) is 0 Å². The Morgan fingerprint density at radius 3 is 2.24 bits per heavy atom. The van der Waals surface area contributed by atoms with Crippen LogP contribution in [-0.4, -0.2) is 54.8 Å². The number of benzene rings is 1. The molecule has 8 nitrogen and oxygen atoms in total. The number of allylic oxidation sites excluding steroid dienone is 3. The average Bonchev–Trinajstić information content (AvgIpc) is 2.86. The largest absolute Gasteiger partial charge is 0.344 e. The zero-order valence-electron chi connectivity index (χ0n) is 22.8. The lowest BCUT2D eigenvalue weighted by Crippen LogP contribution is -2.49. The minimum atomic E-state index is -0.730. The number of aryl methyl sites for hydroxylation is 1. The zero-order chi connectivity index (χ0) is 27.4. The number of nitrogens with two attached hydrogens (primary N) is 2. The number of nitrogens with zero attached hydrogens (tertiary/aromatic N) is 1. The van der Waals surface area contributed by atoms with E-state index in [1.807, 2.05) is 36.4 Å². The third-order valence-corrected chi connectivity index (χ3v) is 6.91. The van der Waals surface area contributed by atoms with Gasteiger partial charge in [0.05, 0.1) is 0 Å². The van der Waals surface area contributed by atoms with Crippen LogP contribution in [0.15, 0.2) is 53.8 Å². The third-order valence-electron chi connectivity index (χ3n) is 6.91. The SMILES string of the molecule is CC1=CC(NC(=O)C(CCc2ccccc2)NC(=O)C(C)CC(=O)N(CCN)CCN)=CCC1C(C)C. The van der Waals surface area contributed by atoms with Crippen LogP contribution in [0.5, 0.6) is 0 Å². The van der Waals surface area contributed by atoms with E-state index in [0.717, 1.165) is 17.7 Å². The van der Waals surface area contributed by atoms with Crippen molar-refractivity contribution in [3.05, 3.63) is 59.3 Å². The second-order valence-electron chi connectivity index (χ2n) is 10.3. The van der Waals surface area contributed by atoms with E-state index in [2.05, 4.69) is 37.5 Å². The van der Waals surface area contributed by atoms with E-state index in [1.165, 1.54) is 5.57 Å². The number of carbonyl (C=O) groups is 3. The summed E-state index contributed by atoms with van der Waals surface area (Å²) in [5, 5.41) is 5.91. The number of amides is 3. The van der Waals surface area contributed by atoms with Gasteiger partial charge >= 0.3 is 0 Å². The number of hydrogen-bond donors (Lipinski definition) is 4. The molecule has 0 heterocycles. The fourth-order valence-electron chi connectivity index (χ4n) is 4.66. The molecule has 0 bridgehead atoms. The second-order valence-corrected chi connectivity index (χ2v) is 10.3. The molecule has 0 fully saturated rings. The molecule has 0 saturated heterocycles. The van der Waals surface area contributed by atoms with E-state index < -0.39 is 12.0 Å². The molecule has 3 unspecified atom stereocenters. The lowest BCUT2D eigenvalue weighted by Gasteiger charge is -2.26. The van der Waals surface area contributed by atoms with Crippen LogP contribution in [0, 0.1) is 17.8 Å². The van der Waals surface area contributed by atoms with Gasteiger partial charge in [-0.15, -0.1) is 0 Å². The van der Waals surface area contributed by atoms with Crippen LogP contribution in [0.2, 0.25) is 0 Å². The highest BCUT2D eigenvalue weighted by Gasteiger charge is 2.27. The maximum Gasteiger partial charge on any atom is 0.246 e. The van der Waals surface area contributed by atoms with Gasteiger partial charge in [0.1, 0.15) is 6.04 Å². The molecule has 1 aliphatic rings. The predicted molar refractivity (Wildman–Crippen MR) is 148 cm³/mol. The van der Waals surface area contributed by atoms with Gasteiger partial charge < -0.3 is 27.0 Å². The van der Waals surface area contributed by atoms with Gasteiger partial charge in [-0.2, -0.15) is 0 Å². The van der Waals surface area contributed by atoms with E-state index in [1.54, 1.807) is 11.8 Å². The molecule has 2 rings (SSSR count). The molecular weight excluding hydrogens is 466 g/mol. The summed E-state index contributed by atoms with van der Waals surface area (Å²) in [7, 11) is 0. The van der Waals surface area contributed by atoms with Gasteiger partial charge in [-0.3, -0.25) is 14.4 Å². The summed E-state index contributed by atoms with van der Waals surface area (Å²) in [6.07, 6.45) is 6.06. The van der Waals surface area contributed by atoms with Gasteiger partial charge in [0, 0.05) is 44.2 Å². The summed E-state index contributed by atoms with van der Waals surface area (Å²) < 4.78 is 0. The van der Waals surface area contributed by atoms with Gasteiger partial charge in [-0.1, -0.05) is 62.8 Å². The average molecular weight is 512 g/mol. The Labute approximate surface area is 221 Å². The Bertz CT molecular complexity index is 952.